The molecule has 1 saturated heterocycles. The van der Waals surface area contributed by atoms with Crippen molar-refractivity contribution in [2.24, 2.45) is 0 Å². The van der Waals surface area contributed by atoms with Gasteiger partial charge in [-0.1, -0.05) is 17.4 Å². The molecule has 4 rings (SSSR count). The summed E-state index contributed by atoms with van der Waals surface area (Å²) in [4.78, 5) is 22.0. The second kappa shape index (κ2) is 8.57. The van der Waals surface area contributed by atoms with Gasteiger partial charge in [-0.3, -0.25) is 14.6 Å². The predicted octanol–water partition coefficient (Wildman–Crippen LogP) is 4.03. The lowest BCUT2D eigenvalue weighted by Crippen LogP contribution is -2.43. The number of hydrogen-bond acceptors (Lipinski definition) is 5. The van der Waals surface area contributed by atoms with Gasteiger partial charge >= 0.3 is 0 Å². The molecule has 3 aromatic rings. The van der Waals surface area contributed by atoms with Gasteiger partial charge in [0, 0.05) is 31.7 Å². The molecular weight excluding hydrogens is 389 g/mol. The number of nitrogens with zero attached hydrogens (tertiary/aromatic N) is 3. The molecule has 0 spiro atoms. The molecule has 2 aromatic carbocycles. The summed E-state index contributed by atoms with van der Waals surface area (Å²) < 4.78 is 20.2. The van der Waals surface area contributed by atoms with Crippen LogP contribution in [0.1, 0.15) is 21.5 Å². The van der Waals surface area contributed by atoms with E-state index in [0.29, 0.717) is 30.5 Å². The van der Waals surface area contributed by atoms with Crippen molar-refractivity contribution in [1.82, 2.24) is 9.88 Å². The highest BCUT2D eigenvalue weighted by Gasteiger charge is 2.23. The van der Waals surface area contributed by atoms with Gasteiger partial charge in [0.05, 0.1) is 23.4 Å². The van der Waals surface area contributed by atoms with Gasteiger partial charge in [0.25, 0.3) is 5.91 Å². The number of carbonyl (C=O) groups excluding carboxylic acids is 1. The molecule has 0 unspecified atom stereocenters. The Kier molecular flexibility index (Phi) is 5.89. The van der Waals surface area contributed by atoms with Crippen molar-refractivity contribution in [3.8, 4) is 0 Å². The maximum atomic E-state index is 13.7. The zero-order valence-corrected chi connectivity index (χ0v) is 17.5. The van der Waals surface area contributed by atoms with Crippen LogP contribution in [-0.2, 0) is 4.74 Å². The van der Waals surface area contributed by atoms with E-state index < -0.39 is 5.82 Å². The number of aromatic nitrogens is 1. The molecule has 0 atom stereocenters. The lowest BCUT2D eigenvalue weighted by Gasteiger charge is -2.29. The van der Waals surface area contributed by atoms with E-state index in [1.165, 1.54) is 34.6 Å². The van der Waals surface area contributed by atoms with Crippen LogP contribution in [-0.4, -0.2) is 55.2 Å². The fraction of sp³-hybridized carbons (Fsp3) is 0.364. The molecule has 0 bridgehead atoms. The van der Waals surface area contributed by atoms with Crippen molar-refractivity contribution < 1.29 is 13.9 Å². The fourth-order valence-corrected chi connectivity index (χ4v) is 4.48. The number of fused-ring (bicyclic) bond motifs is 1. The second-order valence-corrected chi connectivity index (χ2v) is 8.33. The van der Waals surface area contributed by atoms with Crippen molar-refractivity contribution in [1.29, 1.82) is 0 Å². The summed E-state index contributed by atoms with van der Waals surface area (Å²) >= 11 is 1.50. The van der Waals surface area contributed by atoms with E-state index in [1.807, 2.05) is 0 Å². The number of anilines is 1. The van der Waals surface area contributed by atoms with Gasteiger partial charge in [-0.15, -0.1) is 0 Å². The Labute approximate surface area is 173 Å². The third-order valence-corrected chi connectivity index (χ3v) is 6.32. The van der Waals surface area contributed by atoms with E-state index in [9.17, 15) is 9.18 Å². The maximum absolute atomic E-state index is 13.7. The third-order valence-electron chi connectivity index (χ3n) is 5.28. The largest absolute Gasteiger partial charge is 0.379 e. The summed E-state index contributed by atoms with van der Waals surface area (Å²) in [7, 11) is 0. The number of ether oxygens (including phenoxy) is 1. The van der Waals surface area contributed by atoms with Gasteiger partial charge in [-0.2, -0.15) is 0 Å². The highest BCUT2D eigenvalue weighted by Crippen LogP contribution is 2.31. The molecule has 5 nitrogen and oxygen atoms in total. The summed E-state index contributed by atoms with van der Waals surface area (Å²) in [5.74, 6) is -0.648. The molecule has 1 aliphatic rings. The summed E-state index contributed by atoms with van der Waals surface area (Å²) in [6, 6.07) is 10.0. The van der Waals surface area contributed by atoms with Gasteiger partial charge in [-0.05, 0) is 55.3 Å². The summed E-state index contributed by atoms with van der Waals surface area (Å²) in [5, 5.41) is 0.646. The van der Waals surface area contributed by atoms with Crippen LogP contribution in [0.2, 0.25) is 0 Å². The number of rotatable bonds is 5. The highest BCUT2D eigenvalue weighted by molar-refractivity contribution is 7.22. The Hall–Kier alpha value is -2.35. The predicted molar refractivity (Wildman–Crippen MR) is 114 cm³/mol. The molecule has 1 amide bonds. The molecule has 1 fully saturated rings. The first-order valence-electron chi connectivity index (χ1n) is 9.76. The van der Waals surface area contributed by atoms with E-state index >= 15 is 0 Å². The minimum Gasteiger partial charge on any atom is -0.379 e. The Morgan fingerprint density at radius 3 is 2.72 bits per heavy atom. The standard InChI is InChI=1S/C22H24FN3O2S/c1-15-12-19-20(13-16(15)2)29-22(24-19)26(7-6-25-8-10-28-11-9-25)21(27)17-4-3-5-18(23)14-17/h3-5,12-14H,6-11H2,1-2H3. The Balaban J connectivity index is 1.66. The monoisotopic (exact) mass is 413 g/mol. The van der Waals surface area contributed by atoms with Gasteiger partial charge in [0.15, 0.2) is 5.13 Å². The van der Waals surface area contributed by atoms with Gasteiger partial charge in [-0.25, -0.2) is 9.37 Å². The van der Waals surface area contributed by atoms with E-state index in [4.69, 9.17) is 9.72 Å². The van der Waals surface area contributed by atoms with Crippen LogP contribution in [0, 0.1) is 19.7 Å². The quantitative estimate of drug-likeness (QED) is 0.634. The highest BCUT2D eigenvalue weighted by atomic mass is 32.1. The van der Waals surface area contributed by atoms with Crippen molar-refractivity contribution >= 4 is 32.6 Å². The molecule has 0 saturated carbocycles. The lowest BCUT2D eigenvalue weighted by atomic mass is 10.1. The zero-order valence-electron chi connectivity index (χ0n) is 16.7. The Morgan fingerprint density at radius 1 is 1.21 bits per heavy atom. The zero-order chi connectivity index (χ0) is 20.4. The first-order chi connectivity index (χ1) is 14.0. The number of thiazole rings is 1. The average Bonchev–Trinajstić information content (AvgIpc) is 3.11. The molecule has 7 heteroatoms. The van der Waals surface area contributed by atoms with Crippen molar-refractivity contribution in [3.05, 3.63) is 58.9 Å². The fourth-order valence-electron chi connectivity index (χ4n) is 3.41. The first kappa shape index (κ1) is 19.9. The molecule has 1 aliphatic heterocycles. The molecule has 0 aliphatic carbocycles. The molecule has 1 aromatic heterocycles. The number of morpholine rings is 1. The summed E-state index contributed by atoms with van der Waals surface area (Å²) in [6.07, 6.45) is 0. The van der Waals surface area contributed by atoms with Crippen LogP contribution in [0.3, 0.4) is 0 Å². The van der Waals surface area contributed by atoms with E-state index in [2.05, 4.69) is 30.9 Å². The molecule has 29 heavy (non-hydrogen) atoms. The Morgan fingerprint density at radius 2 is 1.97 bits per heavy atom. The second-order valence-electron chi connectivity index (χ2n) is 7.32. The first-order valence-corrected chi connectivity index (χ1v) is 10.6. The molecule has 0 N–H and O–H groups in total. The van der Waals surface area contributed by atoms with Gasteiger partial charge < -0.3 is 4.74 Å². The lowest BCUT2D eigenvalue weighted by molar-refractivity contribution is 0.0391. The number of carbonyl (C=O) groups is 1. The average molecular weight is 414 g/mol. The SMILES string of the molecule is Cc1cc2nc(N(CCN3CCOCC3)C(=O)c3cccc(F)c3)sc2cc1C. The third kappa shape index (κ3) is 4.47. The van der Waals surface area contributed by atoms with Crippen LogP contribution in [0.4, 0.5) is 9.52 Å². The van der Waals surface area contributed by atoms with Crippen LogP contribution >= 0.6 is 11.3 Å². The summed E-state index contributed by atoms with van der Waals surface area (Å²) in [6.45, 7) is 8.45. The number of amides is 1. The number of halogens is 1. The minimum atomic E-state index is -0.417. The van der Waals surface area contributed by atoms with Crippen molar-refractivity contribution in [3.63, 3.8) is 0 Å². The Bertz CT molecular complexity index is 991. The normalized spacial score (nSPS) is 15.0. The smallest absolute Gasteiger partial charge is 0.260 e. The minimum absolute atomic E-state index is 0.231. The molecule has 0 radical (unpaired) electrons. The number of hydrogen-bond donors (Lipinski definition) is 0. The molecule has 152 valence electrons. The molecular formula is C22H24FN3O2S. The maximum Gasteiger partial charge on any atom is 0.260 e. The van der Waals surface area contributed by atoms with Crippen LogP contribution < -0.4 is 4.90 Å². The van der Waals surface area contributed by atoms with Crippen LogP contribution in [0.25, 0.3) is 10.2 Å². The number of benzene rings is 2. The van der Waals surface area contributed by atoms with E-state index in [-0.39, 0.29) is 5.91 Å². The van der Waals surface area contributed by atoms with Crippen molar-refractivity contribution in [2.75, 3.05) is 44.3 Å². The van der Waals surface area contributed by atoms with Gasteiger partial charge in [0.1, 0.15) is 5.82 Å². The van der Waals surface area contributed by atoms with E-state index in [0.717, 1.165) is 29.9 Å². The molecule has 2 heterocycles. The summed E-state index contributed by atoms with van der Waals surface area (Å²) in [5.41, 5.74) is 3.59. The topological polar surface area (TPSA) is 45.7 Å². The number of aryl methyl sites for hydroxylation is 2. The van der Waals surface area contributed by atoms with Gasteiger partial charge in [0.2, 0.25) is 0 Å². The van der Waals surface area contributed by atoms with E-state index in [1.54, 1.807) is 17.0 Å². The van der Waals surface area contributed by atoms with Crippen molar-refractivity contribution in [2.45, 2.75) is 13.8 Å². The van der Waals surface area contributed by atoms with Crippen LogP contribution in [0.15, 0.2) is 36.4 Å². The van der Waals surface area contributed by atoms with Crippen LogP contribution in [0.5, 0.6) is 0 Å².